The molecule has 0 spiro atoms. The van der Waals surface area contributed by atoms with E-state index in [0.717, 1.165) is 10.9 Å². The van der Waals surface area contributed by atoms with E-state index in [-0.39, 0.29) is 4.47 Å². The van der Waals surface area contributed by atoms with Crippen LogP contribution in [-0.4, -0.2) is 0 Å². The van der Waals surface area contributed by atoms with Crippen molar-refractivity contribution in [2.45, 2.75) is 12.7 Å². The molecule has 7 heteroatoms. The second kappa shape index (κ2) is 5.85. The SMILES string of the molecule is N#Cc1csc(CNc2ccc(Br)c(C(F)(F)F)c2)c1. The van der Waals surface area contributed by atoms with Crippen LogP contribution in [0.5, 0.6) is 0 Å². The molecule has 0 aliphatic heterocycles. The Labute approximate surface area is 126 Å². The molecule has 0 atom stereocenters. The van der Waals surface area contributed by atoms with Crippen molar-refractivity contribution >= 4 is 33.0 Å². The van der Waals surface area contributed by atoms with Gasteiger partial charge in [0.2, 0.25) is 0 Å². The van der Waals surface area contributed by atoms with Gasteiger partial charge < -0.3 is 5.32 Å². The van der Waals surface area contributed by atoms with Crippen molar-refractivity contribution in [2.24, 2.45) is 0 Å². The minimum Gasteiger partial charge on any atom is -0.380 e. The van der Waals surface area contributed by atoms with Crippen molar-refractivity contribution in [3.05, 3.63) is 50.1 Å². The van der Waals surface area contributed by atoms with Crippen LogP contribution in [0.2, 0.25) is 0 Å². The lowest BCUT2D eigenvalue weighted by molar-refractivity contribution is -0.138. The summed E-state index contributed by atoms with van der Waals surface area (Å²) in [6.45, 7) is 0.380. The Morgan fingerprint density at radius 2 is 2.05 bits per heavy atom. The highest BCUT2D eigenvalue weighted by molar-refractivity contribution is 9.10. The predicted molar refractivity (Wildman–Crippen MR) is 75.5 cm³/mol. The Hall–Kier alpha value is -1.52. The van der Waals surface area contributed by atoms with Gasteiger partial charge in [-0.3, -0.25) is 0 Å². The molecule has 0 radical (unpaired) electrons. The van der Waals surface area contributed by atoms with Crippen LogP contribution in [0.1, 0.15) is 16.0 Å². The highest BCUT2D eigenvalue weighted by atomic mass is 79.9. The molecule has 2 nitrogen and oxygen atoms in total. The molecule has 20 heavy (non-hydrogen) atoms. The molecule has 0 unspecified atom stereocenters. The number of halogens is 4. The van der Waals surface area contributed by atoms with Crippen LogP contribution < -0.4 is 5.32 Å². The molecule has 0 fully saturated rings. The summed E-state index contributed by atoms with van der Waals surface area (Å²) in [6, 6.07) is 7.71. The Balaban J connectivity index is 2.12. The molecule has 0 saturated heterocycles. The molecule has 104 valence electrons. The first-order valence-corrected chi connectivity index (χ1v) is 7.15. The fraction of sp³-hybridized carbons (Fsp3) is 0.154. The van der Waals surface area contributed by atoms with Gasteiger partial charge in [-0.05, 0) is 24.3 Å². The summed E-state index contributed by atoms with van der Waals surface area (Å²) in [5.74, 6) is 0. The minimum atomic E-state index is -4.40. The lowest BCUT2D eigenvalue weighted by Gasteiger charge is -2.12. The van der Waals surface area contributed by atoms with Gasteiger partial charge in [0.1, 0.15) is 6.07 Å². The quantitative estimate of drug-likeness (QED) is 0.834. The van der Waals surface area contributed by atoms with Gasteiger partial charge in [0.05, 0.1) is 11.1 Å². The predicted octanol–water partition coefficient (Wildman–Crippen LogP) is 5.01. The Bertz CT molecular complexity index is 658. The van der Waals surface area contributed by atoms with Crippen LogP contribution in [0.25, 0.3) is 0 Å². The van der Waals surface area contributed by atoms with Gasteiger partial charge in [-0.2, -0.15) is 18.4 Å². The fourth-order valence-corrected chi connectivity index (χ4v) is 2.79. The van der Waals surface area contributed by atoms with Gasteiger partial charge in [-0.1, -0.05) is 15.9 Å². The summed E-state index contributed by atoms with van der Waals surface area (Å²) >= 11 is 4.28. The van der Waals surface area contributed by atoms with Crippen LogP contribution in [0.3, 0.4) is 0 Å². The van der Waals surface area contributed by atoms with Crippen molar-refractivity contribution < 1.29 is 13.2 Å². The fourth-order valence-electron chi connectivity index (χ4n) is 1.57. The zero-order valence-corrected chi connectivity index (χ0v) is 12.4. The van der Waals surface area contributed by atoms with Crippen LogP contribution in [0.4, 0.5) is 18.9 Å². The largest absolute Gasteiger partial charge is 0.417 e. The van der Waals surface area contributed by atoms with Crippen LogP contribution >= 0.6 is 27.3 Å². The molecule has 2 rings (SSSR count). The van der Waals surface area contributed by atoms with E-state index in [1.165, 1.54) is 17.4 Å². The minimum absolute atomic E-state index is 0.0124. The second-order valence-electron chi connectivity index (χ2n) is 3.96. The summed E-state index contributed by atoms with van der Waals surface area (Å²) in [5.41, 5.74) is 0.220. The van der Waals surface area contributed by atoms with Gasteiger partial charge >= 0.3 is 6.18 Å². The van der Waals surface area contributed by atoms with Crippen molar-refractivity contribution in [2.75, 3.05) is 5.32 Å². The molecule has 1 heterocycles. The average molecular weight is 361 g/mol. The highest BCUT2D eigenvalue weighted by Crippen LogP contribution is 2.36. The summed E-state index contributed by atoms with van der Waals surface area (Å²) in [4.78, 5) is 0.887. The first kappa shape index (κ1) is 14.9. The molecule has 0 bridgehead atoms. The van der Waals surface area contributed by atoms with E-state index in [4.69, 9.17) is 5.26 Å². The van der Waals surface area contributed by atoms with Gasteiger partial charge in [0, 0.05) is 27.0 Å². The Morgan fingerprint density at radius 3 is 2.65 bits per heavy atom. The zero-order chi connectivity index (χ0) is 14.8. The van der Waals surface area contributed by atoms with Gasteiger partial charge in [0.25, 0.3) is 0 Å². The number of hydrogen-bond donors (Lipinski definition) is 1. The molecule has 0 amide bonds. The van der Waals surface area contributed by atoms with E-state index in [9.17, 15) is 13.2 Å². The maximum atomic E-state index is 12.7. The Kier molecular flexibility index (Phi) is 4.35. The van der Waals surface area contributed by atoms with E-state index in [1.807, 2.05) is 6.07 Å². The average Bonchev–Trinajstić information content (AvgIpc) is 2.84. The van der Waals surface area contributed by atoms with E-state index in [2.05, 4.69) is 21.2 Å². The number of hydrogen-bond acceptors (Lipinski definition) is 3. The number of nitriles is 1. The molecule has 2 aromatic rings. The highest BCUT2D eigenvalue weighted by Gasteiger charge is 2.33. The van der Waals surface area contributed by atoms with E-state index >= 15 is 0 Å². The lowest BCUT2D eigenvalue weighted by Crippen LogP contribution is -2.07. The van der Waals surface area contributed by atoms with Crippen LogP contribution in [0.15, 0.2) is 34.1 Å². The van der Waals surface area contributed by atoms with Crippen molar-refractivity contribution in [3.63, 3.8) is 0 Å². The number of anilines is 1. The lowest BCUT2D eigenvalue weighted by atomic mass is 10.2. The third kappa shape index (κ3) is 3.52. The maximum absolute atomic E-state index is 12.7. The summed E-state index contributed by atoms with van der Waals surface area (Å²) < 4.78 is 38.3. The van der Waals surface area contributed by atoms with Crippen molar-refractivity contribution in [1.82, 2.24) is 0 Å². The molecule has 0 aliphatic rings. The van der Waals surface area contributed by atoms with Gasteiger partial charge in [0.15, 0.2) is 0 Å². The summed E-state index contributed by atoms with van der Waals surface area (Å²) in [6.07, 6.45) is -4.40. The number of alkyl halides is 3. The van der Waals surface area contributed by atoms with E-state index in [1.54, 1.807) is 17.5 Å². The Morgan fingerprint density at radius 1 is 1.30 bits per heavy atom. The summed E-state index contributed by atoms with van der Waals surface area (Å²) in [7, 11) is 0. The van der Waals surface area contributed by atoms with Crippen LogP contribution in [-0.2, 0) is 12.7 Å². The molecular weight excluding hydrogens is 353 g/mol. The van der Waals surface area contributed by atoms with Crippen molar-refractivity contribution in [1.29, 1.82) is 5.26 Å². The first-order chi connectivity index (χ1) is 9.40. The van der Waals surface area contributed by atoms with E-state index in [0.29, 0.717) is 17.8 Å². The number of nitrogens with zero attached hydrogens (tertiary/aromatic N) is 1. The van der Waals surface area contributed by atoms with Gasteiger partial charge in [-0.25, -0.2) is 0 Å². The third-order valence-electron chi connectivity index (χ3n) is 2.52. The van der Waals surface area contributed by atoms with Crippen molar-refractivity contribution in [3.8, 4) is 6.07 Å². The first-order valence-electron chi connectivity index (χ1n) is 5.48. The molecule has 1 aromatic carbocycles. The molecule has 0 aliphatic carbocycles. The topological polar surface area (TPSA) is 35.8 Å². The maximum Gasteiger partial charge on any atom is 0.417 e. The summed E-state index contributed by atoms with van der Waals surface area (Å²) in [5, 5.41) is 13.3. The van der Waals surface area contributed by atoms with Gasteiger partial charge in [-0.15, -0.1) is 11.3 Å². The van der Waals surface area contributed by atoms with Crippen LogP contribution in [0, 0.1) is 11.3 Å². The molecule has 0 saturated carbocycles. The molecule has 1 N–H and O–H groups in total. The smallest absolute Gasteiger partial charge is 0.380 e. The zero-order valence-electron chi connectivity index (χ0n) is 9.96. The normalized spacial score (nSPS) is 11.2. The molecular formula is C13H8BrF3N2S. The molecule has 1 aromatic heterocycles. The number of thiophene rings is 1. The third-order valence-corrected chi connectivity index (χ3v) is 4.15. The monoisotopic (exact) mass is 360 g/mol. The number of rotatable bonds is 3. The standard InChI is InChI=1S/C13H8BrF3N2S/c14-12-2-1-9(4-11(12)13(15,16)17)19-6-10-3-8(5-18)7-20-10/h1-4,7,19H,6H2. The van der Waals surface area contributed by atoms with E-state index < -0.39 is 11.7 Å². The second-order valence-corrected chi connectivity index (χ2v) is 5.81. The number of nitrogens with one attached hydrogen (secondary N) is 1. The number of benzene rings is 1.